The molecule has 0 radical (unpaired) electrons. The number of hydrogen-bond acceptors (Lipinski definition) is 2. The van der Waals surface area contributed by atoms with Crippen molar-refractivity contribution in [3.63, 3.8) is 0 Å². The first kappa shape index (κ1) is 20.7. The van der Waals surface area contributed by atoms with Crippen molar-refractivity contribution in [3.8, 4) is 0 Å². The second-order valence-electron chi connectivity index (χ2n) is 4.69. The minimum Gasteiger partial charge on any atom is -0.330 e. The Morgan fingerprint density at radius 3 is 2.36 bits per heavy atom. The molecule has 0 aliphatic rings. The molecule has 0 aliphatic heterocycles. The van der Waals surface area contributed by atoms with E-state index in [2.05, 4.69) is 5.32 Å². The Bertz CT molecular complexity index is 480. The number of amides is 1. The zero-order valence-electron chi connectivity index (χ0n) is 11.9. The van der Waals surface area contributed by atoms with Gasteiger partial charge in [0.25, 0.3) is 0 Å². The van der Waals surface area contributed by atoms with Gasteiger partial charge in [0.15, 0.2) is 0 Å². The smallest absolute Gasteiger partial charge is 0.330 e. The molecule has 0 unspecified atom stereocenters. The molecule has 0 aliphatic carbocycles. The van der Waals surface area contributed by atoms with Gasteiger partial charge in [0.1, 0.15) is 5.82 Å². The number of nitrogens with two attached hydrogens (primary N) is 1. The van der Waals surface area contributed by atoms with E-state index in [1.807, 2.05) is 0 Å². The maximum absolute atomic E-state index is 13.4. The van der Waals surface area contributed by atoms with Crippen molar-refractivity contribution >= 4 is 24.0 Å². The first-order valence-corrected chi connectivity index (χ1v) is 6.71. The Hall–Kier alpha value is -1.34. The molecule has 0 atom stereocenters. The Kier molecular flexibility index (Phi) is 9.04. The van der Waals surface area contributed by atoms with Crippen LogP contribution in [0.2, 0.25) is 0 Å². The molecule has 1 rings (SSSR count). The lowest BCUT2D eigenvalue weighted by atomic mass is 10.1. The summed E-state index contributed by atoms with van der Waals surface area (Å²) in [7, 11) is 0. The van der Waals surface area contributed by atoms with E-state index in [-0.39, 0.29) is 18.8 Å². The van der Waals surface area contributed by atoms with Gasteiger partial charge < -0.3 is 11.1 Å². The summed E-state index contributed by atoms with van der Waals surface area (Å²) in [5, 5.41) is 2.17. The largest absolute Gasteiger partial charge is 0.416 e. The van der Waals surface area contributed by atoms with Gasteiger partial charge in [-0.25, -0.2) is 4.39 Å². The molecule has 0 heterocycles. The third kappa shape index (κ3) is 7.09. The Morgan fingerprint density at radius 1 is 1.14 bits per heavy atom. The van der Waals surface area contributed by atoms with Gasteiger partial charge in [-0.1, -0.05) is 12.8 Å². The van der Waals surface area contributed by atoms with Gasteiger partial charge in [-0.15, -0.1) is 12.4 Å². The lowest BCUT2D eigenvalue weighted by Gasteiger charge is -2.11. The second kappa shape index (κ2) is 9.63. The molecule has 0 spiro atoms. The standard InChI is InChI=1S/C14H18F4N2O.ClH/c15-11-7-6-10(14(16,17)18)9-12(11)20-13(21)5-3-1-2-4-8-19;/h6-7,9H,1-5,8,19H2,(H,20,21);1H. The van der Waals surface area contributed by atoms with Gasteiger partial charge in [-0.2, -0.15) is 13.2 Å². The Morgan fingerprint density at radius 2 is 1.77 bits per heavy atom. The van der Waals surface area contributed by atoms with Crippen molar-refractivity contribution in [2.24, 2.45) is 5.73 Å². The number of rotatable bonds is 7. The summed E-state index contributed by atoms with van der Waals surface area (Å²) in [5.41, 5.74) is 3.88. The van der Waals surface area contributed by atoms with Gasteiger partial charge in [-0.05, 0) is 37.6 Å². The second-order valence-corrected chi connectivity index (χ2v) is 4.69. The summed E-state index contributed by atoms with van der Waals surface area (Å²) >= 11 is 0. The van der Waals surface area contributed by atoms with Crippen LogP contribution in [0.5, 0.6) is 0 Å². The van der Waals surface area contributed by atoms with Gasteiger partial charge in [0, 0.05) is 6.42 Å². The highest BCUT2D eigenvalue weighted by atomic mass is 35.5. The number of carbonyl (C=O) groups excluding carboxylic acids is 1. The minimum atomic E-state index is -4.57. The SMILES string of the molecule is Cl.NCCCCCCC(=O)Nc1cc(C(F)(F)F)ccc1F. The van der Waals surface area contributed by atoms with Crippen LogP contribution in [-0.2, 0) is 11.0 Å². The first-order valence-electron chi connectivity index (χ1n) is 6.71. The average Bonchev–Trinajstić information content (AvgIpc) is 2.40. The van der Waals surface area contributed by atoms with Crippen LogP contribution in [0.4, 0.5) is 23.2 Å². The molecule has 22 heavy (non-hydrogen) atoms. The molecule has 0 saturated carbocycles. The van der Waals surface area contributed by atoms with Crippen molar-refractivity contribution in [2.45, 2.75) is 38.3 Å². The summed E-state index contributed by atoms with van der Waals surface area (Å²) in [6.07, 6.45) is -1.29. The van der Waals surface area contributed by atoms with Crippen LogP contribution < -0.4 is 11.1 Å². The molecular weight excluding hydrogens is 324 g/mol. The molecule has 8 heteroatoms. The first-order chi connectivity index (χ1) is 9.84. The number of anilines is 1. The fraction of sp³-hybridized carbons (Fsp3) is 0.500. The van der Waals surface area contributed by atoms with E-state index in [0.717, 1.165) is 19.3 Å². The van der Waals surface area contributed by atoms with Gasteiger partial charge in [0.05, 0.1) is 11.3 Å². The van der Waals surface area contributed by atoms with E-state index in [1.165, 1.54) is 0 Å². The summed E-state index contributed by atoms with van der Waals surface area (Å²) in [4.78, 5) is 11.6. The third-order valence-electron chi connectivity index (χ3n) is 2.93. The average molecular weight is 343 g/mol. The maximum Gasteiger partial charge on any atom is 0.416 e. The Balaban J connectivity index is 0.00000441. The number of unbranched alkanes of at least 4 members (excludes halogenated alkanes) is 3. The van der Waals surface area contributed by atoms with Gasteiger partial charge in [-0.3, -0.25) is 4.79 Å². The minimum absolute atomic E-state index is 0. The number of halogens is 5. The van der Waals surface area contributed by atoms with E-state index in [4.69, 9.17) is 5.73 Å². The van der Waals surface area contributed by atoms with Crippen molar-refractivity contribution in [1.29, 1.82) is 0 Å². The third-order valence-corrected chi connectivity index (χ3v) is 2.93. The van der Waals surface area contributed by atoms with Crippen LogP contribution in [0.3, 0.4) is 0 Å². The number of benzene rings is 1. The van der Waals surface area contributed by atoms with Crippen LogP contribution in [-0.4, -0.2) is 12.5 Å². The highest BCUT2D eigenvalue weighted by Gasteiger charge is 2.31. The van der Waals surface area contributed by atoms with E-state index >= 15 is 0 Å². The monoisotopic (exact) mass is 342 g/mol. The van der Waals surface area contributed by atoms with Gasteiger partial charge in [0.2, 0.25) is 5.91 Å². The highest BCUT2D eigenvalue weighted by molar-refractivity contribution is 5.90. The van der Waals surface area contributed by atoms with Crippen molar-refractivity contribution in [2.75, 3.05) is 11.9 Å². The van der Waals surface area contributed by atoms with Crippen LogP contribution >= 0.6 is 12.4 Å². The fourth-order valence-electron chi connectivity index (χ4n) is 1.79. The number of carbonyl (C=O) groups is 1. The van der Waals surface area contributed by atoms with E-state index < -0.39 is 29.2 Å². The molecular formula is C14H19ClF4N2O. The molecule has 0 aromatic heterocycles. The lowest BCUT2D eigenvalue weighted by Crippen LogP contribution is -2.14. The molecule has 0 fully saturated rings. The highest BCUT2D eigenvalue weighted by Crippen LogP contribution is 2.31. The molecule has 126 valence electrons. The molecule has 0 bridgehead atoms. The summed E-state index contributed by atoms with van der Waals surface area (Å²) in [5.74, 6) is -1.39. The topological polar surface area (TPSA) is 55.1 Å². The van der Waals surface area contributed by atoms with Crippen LogP contribution in [0.15, 0.2) is 18.2 Å². The van der Waals surface area contributed by atoms with Crippen LogP contribution in [0.25, 0.3) is 0 Å². The Labute approximate surface area is 132 Å². The van der Waals surface area contributed by atoms with Crippen LogP contribution in [0, 0.1) is 5.82 Å². The molecule has 1 aromatic carbocycles. The fourth-order valence-corrected chi connectivity index (χ4v) is 1.79. The molecule has 3 nitrogen and oxygen atoms in total. The van der Waals surface area contributed by atoms with Crippen LogP contribution in [0.1, 0.15) is 37.7 Å². The summed E-state index contributed by atoms with van der Waals surface area (Å²) < 4.78 is 50.9. The summed E-state index contributed by atoms with van der Waals surface area (Å²) in [6, 6.07) is 1.93. The van der Waals surface area contributed by atoms with E-state index in [9.17, 15) is 22.4 Å². The zero-order chi connectivity index (χ0) is 15.9. The van der Waals surface area contributed by atoms with Gasteiger partial charge >= 0.3 is 6.18 Å². The number of alkyl halides is 3. The number of hydrogen-bond donors (Lipinski definition) is 2. The predicted octanol–water partition coefficient (Wildman–Crippen LogP) is 4.11. The molecule has 1 aromatic rings. The molecule has 0 saturated heterocycles. The van der Waals surface area contributed by atoms with E-state index in [1.54, 1.807) is 0 Å². The predicted molar refractivity (Wildman–Crippen MR) is 79.4 cm³/mol. The number of nitrogens with one attached hydrogen (secondary N) is 1. The van der Waals surface area contributed by atoms with E-state index in [0.29, 0.717) is 31.2 Å². The van der Waals surface area contributed by atoms with Crippen molar-refractivity contribution in [3.05, 3.63) is 29.6 Å². The molecule has 1 amide bonds. The quantitative estimate of drug-likeness (QED) is 0.578. The lowest BCUT2D eigenvalue weighted by molar-refractivity contribution is -0.137. The maximum atomic E-state index is 13.4. The zero-order valence-corrected chi connectivity index (χ0v) is 12.7. The summed E-state index contributed by atoms with van der Waals surface area (Å²) in [6.45, 7) is 0.585. The van der Waals surface area contributed by atoms with Crippen molar-refractivity contribution < 1.29 is 22.4 Å². The normalized spacial score (nSPS) is 11.0. The molecule has 3 N–H and O–H groups in total. The van der Waals surface area contributed by atoms with Crippen molar-refractivity contribution in [1.82, 2.24) is 0 Å².